The van der Waals surface area contributed by atoms with Gasteiger partial charge in [0.25, 0.3) is 5.91 Å². The van der Waals surface area contributed by atoms with E-state index in [4.69, 9.17) is 0 Å². The third-order valence-electron chi connectivity index (χ3n) is 4.23. The molecule has 1 heterocycles. The number of ketones is 1. The molecule has 2 N–H and O–H groups in total. The Morgan fingerprint density at radius 1 is 0.963 bits per heavy atom. The molecule has 3 rings (SSSR count). The standard InChI is InChI=1S/C22H21N3O2/c1-3-16-6-4-5-7-20(16)25-22(27)18-12-13-23-21(14-18)24-19-10-8-17(9-11-19)15(2)26/h4-14H,3H2,1-2H3,(H,23,24)(H,25,27). The lowest BCUT2D eigenvalue weighted by molar-refractivity contribution is 0.101. The summed E-state index contributed by atoms with van der Waals surface area (Å²) in [5.74, 6) is 0.390. The molecule has 5 nitrogen and oxygen atoms in total. The predicted molar refractivity (Wildman–Crippen MR) is 108 cm³/mol. The molecular weight excluding hydrogens is 338 g/mol. The van der Waals surface area contributed by atoms with Crippen molar-refractivity contribution in [2.24, 2.45) is 0 Å². The molecule has 0 saturated carbocycles. The van der Waals surface area contributed by atoms with Gasteiger partial charge in [0.15, 0.2) is 5.78 Å². The van der Waals surface area contributed by atoms with Crippen LogP contribution in [0, 0.1) is 0 Å². The monoisotopic (exact) mass is 359 g/mol. The molecule has 0 fully saturated rings. The third-order valence-corrected chi connectivity index (χ3v) is 4.23. The van der Waals surface area contributed by atoms with Crippen LogP contribution < -0.4 is 10.6 Å². The van der Waals surface area contributed by atoms with Crippen LogP contribution in [-0.2, 0) is 6.42 Å². The van der Waals surface area contributed by atoms with E-state index in [0.29, 0.717) is 16.9 Å². The SMILES string of the molecule is CCc1ccccc1NC(=O)c1ccnc(Nc2ccc(C(C)=O)cc2)c1. The maximum absolute atomic E-state index is 12.6. The van der Waals surface area contributed by atoms with Gasteiger partial charge < -0.3 is 10.6 Å². The number of rotatable bonds is 6. The van der Waals surface area contributed by atoms with Crippen LogP contribution in [0.5, 0.6) is 0 Å². The summed E-state index contributed by atoms with van der Waals surface area (Å²) in [6.07, 6.45) is 2.43. The van der Waals surface area contributed by atoms with Gasteiger partial charge in [0.05, 0.1) is 0 Å². The Balaban J connectivity index is 1.74. The van der Waals surface area contributed by atoms with E-state index >= 15 is 0 Å². The van der Waals surface area contributed by atoms with Crippen LogP contribution in [0.2, 0.25) is 0 Å². The van der Waals surface area contributed by atoms with Gasteiger partial charge in [0.2, 0.25) is 0 Å². The highest BCUT2D eigenvalue weighted by molar-refractivity contribution is 6.05. The highest BCUT2D eigenvalue weighted by Gasteiger charge is 2.10. The highest BCUT2D eigenvalue weighted by Crippen LogP contribution is 2.19. The number of nitrogens with zero attached hydrogens (tertiary/aromatic N) is 1. The van der Waals surface area contributed by atoms with E-state index in [1.54, 1.807) is 30.5 Å². The fraction of sp³-hybridized carbons (Fsp3) is 0.136. The lowest BCUT2D eigenvalue weighted by Crippen LogP contribution is -2.13. The molecule has 0 spiro atoms. The fourth-order valence-corrected chi connectivity index (χ4v) is 2.72. The van der Waals surface area contributed by atoms with E-state index in [2.05, 4.69) is 22.5 Å². The number of hydrogen-bond acceptors (Lipinski definition) is 4. The number of amides is 1. The molecule has 1 aromatic heterocycles. The summed E-state index contributed by atoms with van der Waals surface area (Å²) in [7, 11) is 0. The number of aryl methyl sites for hydroxylation is 1. The van der Waals surface area contributed by atoms with Gasteiger partial charge in [-0.3, -0.25) is 9.59 Å². The molecular formula is C22H21N3O2. The maximum atomic E-state index is 12.6. The molecule has 0 bridgehead atoms. The van der Waals surface area contributed by atoms with Gasteiger partial charge >= 0.3 is 0 Å². The van der Waals surface area contributed by atoms with Crippen molar-refractivity contribution in [3.8, 4) is 0 Å². The summed E-state index contributed by atoms with van der Waals surface area (Å²) < 4.78 is 0. The second kappa shape index (κ2) is 8.27. The smallest absolute Gasteiger partial charge is 0.255 e. The zero-order valence-corrected chi connectivity index (χ0v) is 15.3. The van der Waals surface area contributed by atoms with Crippen molar-refractivity contribution in [3.05, 3.63) is 83.6 Å². The number of aromatic nitrogens is 1. The zero-order valence-electron chi connectivity index (χ0n) is 15.3. The molecule has 0 aliphatic carbocycles. The highest BCUT2D eigenvalue weighted by atomic mass is 16.1. The van der Waals surface area contributed by atoms with Crippen LogP contribution in [0.3, 0.4) is 0 Å². The Morgan fingerprint density at radius 3 is 2.41 bits per heavy atom. The van der Waals surface area contributed by atoms with Gasteiger partial charge in [-0.25, -0.2) is 4.98 Å². The van der Waals surface area contributed by atoms with E-state index in [-0.39, 0.29) is 11.7 Å². The quantitative estimate of drug-likeness (QED) is 0.618. The molecule has 0 aliphatic heterocycles. The Kier molecular flexibility index (Phi) is 5.61. The molecule has 0 radical (unpaired) electrons. The van der Waals surface area contributed by atoms with Crippen LogP contribution in [-0.4, -0.2) is 16.7 Å². The zero-order chi connectivity index (χ0) is 19.2. The third kappa shape index (κ3) is 4.58. The van der Waals surface area contributed by atoms with E-state index in [1.807, 2.05) is 36.4 Å². The summed E-state index contributed by atoms with van der Waals surface area (Å²) in [6.45, 7) is 3.58. The summed E-state index contributed by atoms with van der Waals surface area (Å²) in [6, 6.07) is 18.3. The van der Waals surface area contributed by atoms with Crippen LogP contribution in [0.1, 0.15) is 40.1 Å². The van der Waals surface area contributed by atoms with Gasteiger partial charge in [0.1, 0.15) is 5.82 Å². The van der Waals surface area contributed by atoms with Crippen molar-refractivity contribution >= 4 is 28.9 Å². The average Bonchev–Trinajstić information content (AvgIpc) is 2.69. The molecule has 5 heteroatoms. The van der Waals surface area contributed by atoms with Gasteiger partial charge in [0, 0.05) is 28.7 Å². The minimum absolute atomic E-state index is 0.0192. The molecule has 0 aliphatic rings. The lowest BCUT2D eigenvalue weighted by atomic mass is 10.1. The average molecular weight is 359 g/mol. The van der Waals surface area contributed by atoms with Gasteiger partial charge in [-0.1, -0.05) is 25.1 Å². The Hall–Kier alpha value is -3.47. The van der Waals surface area contributed by atoms with Gasteiger partial charge in [-0.2, -0.15) is 0 Å². The molecule has 0 atom stereocenters. The summed E-state index contributed by atoms with van der Waals surface area (Å²) in [5, 5.41) is 6.11. The van der Waals surface area contributed by atoms with Crippen molar-refractivity contribution in [1.29, 1.82) is 0 Å². The number of nitrogens with one attached hydrogen (secondary N) is 2. The normalized spacial score (nSPS) is 10.3. The van der Waals surface area contributed by atoms with E-state index in [1.165, 1.54) is 6.92 Å². The molecule has 27 heavy (non-hydrogen) atoms. The van der Waals surface area contributed by atoms with Gasteiger partial charge in [-0.15, -0.1) is 0 Å². The minimum atomic E-state index is -0.187. The number of hydrogen-bond donors (Lipinski definition) is 2. The van der Waals surface area contributed by atoms with E-state index < -0.39 is 0 Å². The maximum Gasteiger partial charge on any atom is 0.255 e. The number of anilines is 3. The van der Waals surface area contributed by atoms with Crippen LogP contribution in [0.4, 0.5) is 17.2 Å². The van der Waals surface area contributed by atoms with Crippen LogP contribution in [0.15, 0.2) is 66.9 Å². The number of carbonyl (C=O) groups excluding carboxylic acids is 2. The number of para-hydroxylation sites is 1. The molecule has 1 amide bonds. The summed E-state index contributed by atoms with van der Waals surface area (Å²) >= 11 is 0. The molecule has 0 unspecified atom stereocenters. The topological polar surface area (TPSA) is 71.1 Å². The lowest BCUT2D eigenvalue weighted by Gasteiger charge is -2.11. The van der Waals surface area contributed by atoms with Crippen molar-refractivity contribution < 1.29 is 9.59 Å². The minimum Gasteiger partial charge on any atom is -0.340 e. The van der Waals surface area contributed by atoms with Crippen LogP contribution in [0.25, 0.3) is 0 Å². The van der Waals surface area contributed by atoms with Gasteiger partial charge in [-0.05, 0) is 61.4 Å². The van der Waals surface area contributed by atoms with Crippen LogP contribution >= 0.6 is 0 Å². The number of benzene rings is 2. The first-order valence-electron chi connectivity index (χ1n) is 8.80. The van der Waals surface area contributed by atoms with E-state index in [0.717, 1.165) is 23.4 Å². The number of carbonyl (C=O) groups is 2. The first-order valence-corrected chi connectivity index (χ1v) is 8.80. The Labute approximate surface area is 158 Å². The Morgan fingerprint density at radius 2 is 1.70 bits per heavy atom. The summed E-state index contributed by atoms with van der Waals surface area (Å²) in [5.41, 5.74) is 3.86. The largest absolute Gasteiger partial charge is 0.340 e. The number of pyridine rings is 1. The summed E-state index contributed by atoms with van der Waals surface area (Å²) in [4.78, 5) is 28.2. The first-order chi connectivity index (χ1) is 13.1. The van der Waals surface area contributed by atoms with Crippen molar-refractivity contribution in [2.75, 3.05) is 10.6 Å². The number of Topliss-reactive ketones (excluding diaryl/α,β-unsaturated/α-hetero) is 1. The molecule has 3 aromatic rings. The molecule has 136 valence electrons. The first kappa shape index (κ1) is 18.3. The van der Waals surface area contributed by atoms with Crippen molar-refractivity contribution in [1.82, 2.24) is 4.98 Å². The van der Waals surface area contributed by atoms with Crippen molar-refractivity contribution in [2.45, 2.75) is 20.3 Å². The molecule has 0 saturated heterocycles. The second-order valence-electron chi connectivity index (χ2n) is 6.15. The fourth-order valence-electron chi connectivity index (χ4n) is 2.72. The second-order valence-corrected chi connectivity index (χ2v) is 6.15. The predicted octanol–water partition coefficient (Wildman–Crippen LogP) is 4.84. The van der Waals surface area contributed by atoms with E-state index in [9.17, 15) is 9.59 Å². The Bertz CT molecular complexity index is 965. The molecule has 2 aromatic carbocycles. The van der Waals surface area contributed by atoms with Crippen molar-refractivity contribution in [3.63, 3.8) is 0 Å².